The van der Waals surface area contributed by atoms with Crippen molar-refractivity contribution in [2.45, 2.75) is 59.4 Å². The molecule has 0 amide bonds. The fraction of sp³-hybridized carbons (Fsp3) is 0.706. The molecule has 0 aromatic carbocycles. The molecule has 1 aromatic heterocycles. The molecule has 0 saturated heterocycles. The molecule has 1 heterocycles. The van der Waals surface area contributed by atoms with Gasteiger partial charge in [0.1, 0.15) is 11.6 Å². The minimum atomic E-state index is -0.252. The SMILES string of the molecule is CCCCN(CCCC)c1ncc(F)cc1CNCCC. The summed E-state index contributed by atoms with van der Waals surface area (Å²) in [5.74, 6) is 0.694. The molecule has 120 valence electrons. The summed E-state index contributed by atoms with van der Waals surface area (Å²) in [5.41, 5.74) is 0.968. The van der Waals surface area contributed by atoms with Crippen LogP contribution in [0.5, 0.6) is 0 Å². The lowest BCUT2D eigenvalue weighted by atomic mass is 10.2. The van der Waals surface area contributed by atoms with Crippen molar-refractivity contribution >= 4 is 5.82 Å². The summed E-state index contributed by atoms with van der Waals surface area (Å²) in [4.78, 5) is 6.69. The zero-order valence-corrected chi connectivity index (χ0v) is 13.8. The Labute approximate surface area is 129 Å². The summed E-state index contributed by atoms with van der Waals surface area (Å²) in [5, 5.41) is 3.35. The first-order valence-corrected chi connectivity index (χ1v) is 8.32. The van der Waals surface area contributed by atoms with Crippen molar-refractivity contribution in [2.24, 2.45) is 0 Å². The summed E-state index contributed by atoms with van der Waals surface area (Å²) in [6, 6.07) is 1.62. The molecule has 0 aliphatic carbocycles. The third kappa shape index (κ3) is 6.42. The van der Waals surface area contributed by atoms with Crippen LogP contribution in [0.1, 0.15) is 58.4 Å². The first kappa shape index (κ1) is 17.9. The van der Waals surface area contributed by atoms with Gasteiger partial charge in [-0.3, -0.25) is 0 Å². The van der Waals surface area contributed by atoms with E-state index < -0.39 is 0 Å². The van der Waals surface area contributed by atoms with Crippen LogP contribution in [0.3, 0.4) is 0 Å². The summed E-state index contributed by atoms with van der Waals surface area (Å²) >= 11 is 0. The largest absolute Gasteiger partial charge is 0.356 e. The lowest BCUT2D eigenvalue weighted by Crippen LogP contribution is -2.29. The second kappa shape index (κ2) is 10.6. The molecule has 21 heavy (non-hydrogen) atoms. The Balaban J connectivity index is 2.87. The van der Waals surface area contributed by atoms with E-state index in [1.807, 2.05) is 0 Å². The van der Waals surface area contributed by atoms with E-state index in [1.165, 1.54) is 6.20 Å². The Bertz CT molecular complexity index is 388. The monoisotopic (exact) mass is 295 g/mol. The number of hydrogen-bond donors (Lipinski definition) is 1. The minimum absolute atomic E-state index is 0.252. The van der Waals surface area contributed by atoms with Crippen LogP contribution in [0.4, 0.5) is 10.2 Å². The third-order valence-corrected chi connectivity index (χ3v) is 3.51. The molecule has 3 nitrogen and oxygen atoms in total. The second-order valence-corrected chi connectivity index (χ2v) is 5.51. The standard InChI is InChI=1S/C17H30FN3/c1-4-7-10-21(11-8-5-2)17-15(13-19-9-6-3)12-16(18)14-20-17/h12,14,19H,4-11,13H2,1-3H3. The van der Waals surface area contributed by atoms with Crippen LogP contribution in [0.25, 0.3) is 0 Å². The number of pyridine rings is 1. The van der Waals surface area contributed by atoms with Crippen LogP contribution in [0.2, 0.25) is 0 Å². The maximum absolute atomic E-state index is 13.5. The first-order chi connectivity index (χ1) is 10.2. The highest BCUT2D eigenvalue weighted by Gasteiger charge is 2.13. The van der Waals surface area contributed by atoms with Gasteiger partial charge in [-0.15, -0.1) is 0 Å². The number of rotatable bonds is 11. The molecule has 0 fully saturated rings. The first-order valence-electron chi connectivity index (χ1n) is 8.32. The van der Waals surface area contributed by atoms with Crippen LogP contribution in [-0.4, -0.2) is 24.6 Å². The highest BCUT2D eigenvalue weighted by Crippen LogP contribution is 2.20. The van der Waals surface area contributed by atoms with Gasteiger partial charge in [0, 0.05) is 25.2 Å². The molecular weight excluding hydrogens is 265 g/mol. The Morgan fingerprint density at radius 1 is 1.10 bits per heavy atom. The molecule has 1 rings (SSSR count). The number of hydrogen-bond acceptors (Lipinski definition) is 3. The summed E-state index contributed by atoms with van der Waals surface area (Å²) < 4.78 is 13.5. The van der Waals surface area contributed by atoms with Crippen LogP contribution < -0.4 is 10.2 Å². The summed E-state index contributed by atoms with van der Waals surface area (Å²) in [7, 11) is 0. The van der Waals surface area contributed by atoms with Crippen molar-refractivity contribution in [2.75, 3.05) is 24.5 Å². The fourth-order valence-corrected chi connectivity index (χ4v) is 2.31. The van der Waals surface area contributed by atoms with Crippen LogP contribution in [-0.2, 0) is 6.54 Å². The Morgan fingerprint density at radius 2 is 1.76 bits per heavy atom. The Morgan fingerprint density at radius 3 is 2.33 bits per heavy atom. The van der Waals surface area contributed by atoms with Gasteiger partial charge in [0.15, 0.2) is 0 Å². The molecule has 0 saturated carbocycles. The van der Waals surface area contributed by atoms with E-state index in [-0.39, 0.29) is 5.82 Å². The van der Waals surface area contributed by atoms with Gasteiger partial charge in [-0.1, -0.05) is 33.6 Å². The van der Waals surface area contributed by atoms with E-state index in [1.54, 1.807) is 6.07 Å². The van der Waals surface area contributed by atoms with Gasteiger partial charge in [-0.05, 0) is 31.9 Å². The molecule has 1 N–H and O–H groups in total. The van der Waals surface area contributed by atoms with Crippen LogP contribution >= 0.6 is 0 Å². The van der Waals surface area contributed by atoms with Crippen molar-refractivity contribution < 1.29 is 4.39 Å². The molecule has 0 bridgehead atoms. The number of nitrogens with zero attached hydrogens (tertiary/aromatic N) is 2. The normalized spacial score (nSPS) is 10.9. The van der Waals surface area contributed by atoms with Gasteiger partial charge in [0.25, 0.3) is 0 Å². The van der Waals surface area contributed by atoms with E-state index in [0.29, 0.717) is 6.54 Å². The molecule has 0 aliphatic heterocycles. The van der Waals surface area contributed by atoms with E-state index in [4.69, 9.17) is 0 Å². The highest BCUT2D eigenvalue weighted by atomic mass is 19.1. The number of unbranched alkanes of at least 4 members (excludes halogenated alkanes) is 2. The van der Waals surface area contributed by atoms with Gasteiger partial charge >= 0.3 is 0 Å². The van der Waals surface area contributed by atoms with Crippen molar-refractivity contribution in [3.05, 3.63) is 23.6 Å². The third-order valence-electron chi connectivity index (χ3n) is 3.51. The summed E-state index contributed by atoms with van der Waals surface area (Å²) in [6.45, 7) is 10.1. The molecule has 1 aromatic rings. The van der Waals surface area contributed by atoms with E-state index in [2.05, 4.69) is 36.0 Å². The fourth-order valence-electron chi connectivity index (χ4n) is 2.31. The van der Waals surface area contributed by atoms with Gasteiger partial charge < -0.3 is 10.2 Å². The molecule has 4 heteroatoms. The predicted molar refractivity (Wildman–Crippen MR) is 88.2 cm³/mol. The van der Waals surface area contributed by atoms with Crippen LogP contribution in [0, 0.1) is 5.82 Å². The average Bonchev–Trinajstić information content (AvgIpc) is 2.49. The van der Waals surface area contributed by atoms with Crippen molar-refractivity contribution in [1.29, 1.82) is 0 Å². The van der Waals surface area contributed by atoms with Gasteiger partial charge in [-0.2, -0.15) is 0 Å². The predicted octanol–water partition coefficient (Wildman–Crippen LogP) is 4.13. The van der Waals surface area contributed by atoms with Crippen molar-refractivity contribution in [1.82, 2.24) is 10.3 Å². The van der Waals surface area contributed by atoms with E-state index in [0.717, 1.165) is 63.1 Å². The van der Waals surface area contributed by atoms with Gasteiger partial charge in [0.2, 0.25) is 0 Å². The Kier molecular flexibility index (Phi) is 8.99. The van der Waals surface area contributed by atoms with Gasteiger partial charge in [-0.25, -0.2) is 9.37 Å². The molecular formula is C17H30FN3. The number of aromatic nitrogens is 1. The number of halogens is 1. The molecule has 0 aliphatic rings. The molecule has 0 unspecified atom stereocenters. The van der Waals surface area contributed by atoms with Gasteiger partial charge in [0.05, 0.1) is 6.20 Å². The maximum Gasteiger partial charge on any atom is 0.141 e. The van der Waals surface area contributed by atoms with E-state index >= 15 is 0 Å². The zero-order chi connectivity index (χ0) is 15.5. The molecule has 0 radical (unpaired) electrons. The highest BCUT2D eigenvalue weighted by molar-refractivity contribution is 5.47. The van der Waals surface area contributed by atoms with Crippen LogP contribution in [0.15, 0.2) is 12.3 Å². The average molecular weight is 295 g/mol. The van der Waals surface area contributed by atoms with E-state index in [9.17, 15) is 4.39 Å². The number of anilines is 1. The maximum atomic E-state index is 13.5. The second-order valence-electron chi connectivity index (χ2n) is 5.51. The number of nitrogens with one attached hydrogen (secondary N) is 1. The smallest absolute Gasteiger partial charge is 0.141 e. The van der Waals surface area contributed by atoms with Crippen molar-refractivity contribution in [3.63, 3.8) is 0 Å². The zero-order valence-electron chi connectivity index (χ0n) is 13.8. The lowest BCUT2D eigenvalue weighted by molar-refractivity contribution is 0.605. The quantitative estimate of drug-likeness (QED) is 0.622. The minimum Gasteiger partial charge on any atom is -0.356 e. The topological polar surface area (TPSA) is 28.2 Å². The molecule has 0 spiro atoms. The van der Waals surface area contributed by atoms with Crippen molar-refractivity contribution in [3.8, 4) is 0 Å². The molecule has 0 atom stereocenters. The Hall–Kier alpha value is -1.16. The summed E-state index contributed by atoms with van der Waals surface area (Å²) in [6.07, 6.45) is 7.02. The lowest BCUT2D eigenvalue weighted by Gasteiger charge is -2.26.